The van der Waals surface area contributed by atoms with E-state index in [-0.39, 0.29) is 13.2 Å². The van der Waals surface area contributed by atoms with Crippen molar-refractivity contribution in [3.05, 3.63) is 53.3 Å². The Morgan fingerprint density at radius 1 is 1.42 bits per heavy atom. The summed E-state index contributed by atoms with van der Waals surface area (Å²) in [6, 6.07) is 7.21. The highest BCUT2D eigenvalue weighted by Crippen LogP contribution is 2.24. The van der Waals surface area contributed by atoms with E-state index in [1.807, 2.05) is 12.1 Å². The van der Waals surface area contributed by atoms with Crippen LogP contribution in [0.2, 0.25) is 5.02 Å². The first kappa shape index (κ1) is 13.6. The number of nitrogens with zero attached hydrogens (tertiary/aromatic N) is 3. The fourth-order valence-electron chi connectivity index (χ4n) is 1.63. The summed E-state index contributed by atoms with van der Waals surface area (Å²) in [7, 11) is 0. The number of hydrogen-bond donors (Lipinski definition) is 1. The maximum absolute atomic E-state index is 9.23. The molecule has 100 valence electrons. The van der Waals surface area contributed by atoms with Crippen molar-refractivity contribution < 1.29 is 9.84 Å². The van der Waals surface area contributed by atoms with Crippen molar-refractivity contribution >= 4 is 11.6 Å². The third-order valence-corrected chi connectivity index (χ3v) is 2.88. The fourth-order valence-corrected chi connectivity index (χ4v) is 1.82. The molecular formula is C13H14ClN3O2. The maximum Gasteiger partial charge on any atom is 0.138 e. The Kier molecular flexibility index (Phi) is 4.54. The van der Waals surface area contributed by atoms with Gasteiger partial charge in [0.2, 0.25) is 0 Å². The van der Waals surface area contributed by atoms with Crippen LogP contribution in [0.3, 0.4) is 0 Å². The number of para-hydroxylation sites is 1. The van der Waals surface area contributed by atoms with E-state index in [0.717, 1.165) is 0 Å². The van der Waals surface area contributed by atoms with Gasteiger partial charge in [-0.05, 0) is 12.1 Å². The molecule has 2 aromatic rings. The maximum atomic E-state index is 9.23. The first-order chi connectivity index (χ1) is 9.26. The largest absolute Gasteiger partial charge is 0.486 e. The lowest BCUT2D eigenvalue weighted by Crippen LogP contribution is -2.08. The van der Waals surface area contributed by atoms with Gasteiger partial charge in [0.25, 0.3) is 0 Å². The normalized spacial score (nSPS) is 10.4. The molecule has 5 nitrogen and oxygen atoms in total. The summed E-state index contributed by atoms with van der Waals surface area (Å²) in [5.41, 5.74) is 1.20. The number of ether oxygens (including phenoxy) is 1. The smallest absolute Gasteiger partial charge is 0.138 e. The van der Waals surface area contributed by atoms with Crippen LogP contribution < -0.4 is 4.74 Å². The second-order valence-electron chi connectivity index (χ2n) is 3.83. The minimum atomic E-state index is -0.182. The van der Waals surface area contributed by atoms with Gasteiger partial charge in [0.15, 0.2) is 0 Å². The molecule has 0 atom stereocenters. The molecule has 1 aromatic carbocycles. The Morgan fingerprint density at radius 2 is 2.21 bits per heavy atom. The Balaban J connectivity index is 2.16. The third kappa shape index (κ3) is 3.13. The van der Waals surface area contributed by atoms with E-state index in [2.05, 4.69) is 16.9 Å². The van der Waals surface area contributed by atoms with Gasteiger partial charge in [0.1, 0.15) is 23.7 Å². The van der Waals surface area contributed by atoms with Crippen LogP contribution in [0.25, 0.3) is 0 Å². The number of halogens is 1. The Bertz CT molecular complexity index is 569. The van der Waals surface area contributed by atoms with Crippen LogP contribution in [0.1, 0.15) is 11.4 Å². The van der Waals surface area contributed by atoms with Crippen LogP contribution in [0.4, 0.5) is 0 Å². The molecule has 0 saturated heterocycles. The van der Waals surface area contributed by atoms with Crippen LogP contribution in [0, 0.1) is 0 Å². The van der Waals surface area contributed by atoms with Crippen molar-refractivity contribution in [3.63, 3.8) is 0 Å². The van der Waals surface area contributed by atoms with E-state index < -0.39 is 0 Å². The summed E-state index contributed by atoms with van der Waals surface area (Å²) in [6.07, 6.45) is 1.70. The summed E-state index contributed by atoms with van der Waals surface area (Å²) in [5.74, 6) is 0.583. The van der Waals surface area contributed by atoms with Gasteiger partial charge in [-0.1, -0.05) is 35.0 Å². The van der Waals surface area contributed by atoms with Gasteiger partial charge < -0.3 is 9.84 Å². The molecule has 0 saturated carbocycles. The van der Waals surface area contributed by atoms with Gasteiger partial charge in [-0.15, -0.1) is 11.7 Å². The molecule has 1 N–H and O–H groups in total. The molecule has 0 unspecified atom stereocenters. The average molecular weight is 280 g/mol. The molecule has 1 heterocycles. The van der Waals surface area contributed by atoms with E-state index in [4.69, 9.17) is 16.3 Å². The zero-order chi connectivity index (χ0) is 13.7. The number of benzene rings is 1. The molecule has 0 spiro atoms. The highest BCUT2D eigenvalue weighted by atomic mass is 35.5. The van der Waals surface area contributed by atoms with E-state index in [1.54, 1.807) is 22.9 Å². The van der Waals surface area contributed by atoms with Crippen LogP contribution in [-0.2, 0) is 19.8 Å². The monoisotopic (exact) mass is 279 g/mol. The summed E-state index contributed by atoms with van der Waals surface area (Å²) in [5, 5.41) is 17.6. The second kappa shape index (κ2) is 6.36. The van der Waals surface area contributed by atoms with Gasteiger partial charge >= 0.3 is 0 Å². The van der Waals surface area contributed by atoms with Crippen molar-refractivity contribution in [3.8, 4) is 5.75 Å². The fraction of sp³-hybridized carbons (Fsp3) is 0.231. The van der Waals surface area contributed by atoms with E-state index in [1.165, 1.54) is 0 Å². The van der Waals surface area contributed by atoms with Gasteiger partial charge in [-0.2, -0.15) is 0 Å². The van der Waals surface area contributed by atoms with Crippen LogP contribution >= 0.6 is 11.6 Å². The number of aromatic nitrogens is 3. The van der Waals surface area contributed by atoms with Crippen molar-refractivity contribution in [1.82, 2.24) is 15.0 Å². The van der Waals surface area contributed by atoms with Crippen LogP contribution in [-0.4, -0.2) is 20.1 Å². The summed E-state index contributed by atoms with van der Waals surface area (Å²) in [4.78, 5) is 0. The van der Waals surface area contributed by atoms with E-state index in [0.29, 0.717) is 28.7 Å². The van der Waals surface area contributed by atoms with E-state index in [9.17, 15) is 5.11 Å². The lowest BCUT2D eigenvalue weighted by molar-refractivity contribution is 0.262. The Hall–Kier alpha value is -1.85. The molecule has 1 aromatic heterocycles. The standard InChI is InChI=1S/C13H14ClN3O2/c1-2-7-17-12(11(8-18)15-16-17)9-19-13-6-4-3-5-10(13)14/h2-6,18H,1,7-9H2. The average Bonchev–Trinajstić information content (AvgIpc) is 2.80. The molecule has 0 aliphatic heterocycles. The summed E-state index contributed by atoms with van der Waals surface area (Å²) >= 11 is 6.01. The quantitative estimate of drug-likeness (QED) is 0.824. The Labute approximate surface area is 116 Å². The minimum Gasteiger partial charge on any atom is -0.486 e. The second-order valence-corrected chi connectivity index (χ2v) is 4.24. The Morgan fingerprint density at radius 3 is 2.89 bits per heavy atom. The molecular weight excluding hydrogens is 266 g/mol. The molecule has 2 rings (SSSR count). The van der Waals surface area contributed by atoms with Crippen molar-refractivity contribution in [2.45, 2.75) is 19.8 Å². The van der Waals surface area contributed by atoms with Gasteiger partial charge in [-0.3, -0.25) is 0 Å². The van der Waals surface area contributed by atoms with E-state index >= 15 is 0 Å². The molecule has 0 amide bonds. The van der Waals surface area contributed by atoms with Gasteiger partial charge in [-0.25, -0.2) is 4.68 Å². The minimum absolute atomic E-state index is 0.182. The number of aliphatic hydroxyl groups is 1. The predicted octanol–water partition coefficient (Wildman–Crippen LogP) is 2.19. The lowest BCUT2D eigenvalue weighted by Gasteiger charge is -2.09. The highest BCUT2D eigenvalue weighted by molar-refractivity contribution is 6.32. The molecule has 0 fully saturated rings. The topological polar surface area (TPSA) is 60.2 Å². The van der Waals surface area contributed by atoms with Crippen molar-refractivity contribution in [1.29, 1.82) is 0 Å². The summed E-state index contributed by atoms with van der Waals surface area (Å²) in [6.45, 7) is 4.21. The van der Waals surface area contributed by atoms with Crippen LogP contribution in [0.15, 0.2) is 36.9 Å². The molecule has 19 heavy (non-hydrogen) atoms. The first-order valence-electron chi connectivity index (χ1n) is 5.76. The van der Waals surface area contributed by atoms with Gasteiger partial charge in [0, 0.05) is 0 Å². The van der Waals surface area contributed by atoms with Crippen molar-refractivity contribution in [2.24, 2.45) is 0 Å². The number of hydrogen-bond acceptors (Lipinski definition) is 4. The molecule has 0 aliphatic rings. The molecule has 6 heteroatoms. The zero-order valence-corrected chi connectivity index (χ0v) is 11.0. The van der Waals surface area contributed by atoms with Gasteiger partial charge in [0.05, 0.1) is 18.2 Å². The SMILES string of the molecule is C=CCn1nnc(CO)c1COc1ccccc1Cl. The molecule has 0 bridgehead atoms. The first-order valence-corrected chi connectivity index (χ1v) is 6.14. The number of rotatable bonds is 6. The van der Waals surface area contributed by atoms with Crippen molar-refractivity contribution in [2.75, 3.05) is 0 Å². The number of allylic oxidation sites excluding steroid dienone is 1. The molecule has 0 aliphatic carbocycles. The number of aliphatic hydroxyl groups excluding tert-OH is 1. The molecule has 0 radical (unpaired) electrons. The zero-order valence-electron chi connectivity index (χ0n) is 10.3. The highest BCUT2D eigenvalue weighted by Gasteiger charge is 2.12. The predicted molar refractivity (Wildman–Crippen MR) is 71.9 cm³/mol. The van der Waals surface area contributed by atoms with Crippen LogP contribution in [0.5, 0.6) is 5.75 Å². The lowest BCUT2D eigenvalue weighted by atomic mass is 10.3. The third-order valence-electron chi connectivity index (χ3n) is 2.57. The summed E-state index contributed by atoms with van der Waals surface area (Å²) < 4.78 is 7.27.